The van der Waals surface area contributed by atoms with E-state index in [0.717, 1.165) is 24.5 Å². The molecular formula is C17H23ClN4O2. The SMILES string of the molecule is Cc1cc(N2CCCOC[C@@H]2C2(C)C=C(O)C=CC2Cl)nc(N)n1. The summed E-state index contributed by atoms with van der Waals surface area (Å²) in [6.45, 7) is 5.89. The van der Waals surface area contributed by atoms with E-state index < -0.39 is 5.41 Å². The Bertz CT molecular complexity index is 658. The summed E-state index contributed by atoms with van der Waals surface area (Å²) in [6, 6.07) is 1.84. The quantitative estimate of drug-likeness (QED) is 0.797. The molecule has 3 rings (SSSR count). The molecule has 1 fully saturated rings. The Kier molecular flexibility index (Phi) is 4.69. The van der Waals surface area contributed by atoms with Crippen molar-refractivity contribution in [3.63, 3.8) is 0 Å². The van der Waals surface area contributed by atoms with E-state index in [-0.39, 0.29) is 23.1 Å². The van der Waals surface area contributed by atoms with Crippen LogP contribution in [0.4, 0.5) is 11.8 Å². The molecule has 1 aliphatic heterocycles. The van der Waals surface area contributed by atoms with Gasteiger partial charge in [-0.15, -0.1) is 11.6 Å². The largest absolute Gasteiger partial charge is 0.508 e. The number of aromatic nitrogens is 2. The Morgan fingerprint density at radius 1 is 1.46 bits per heavy atom. The van der Waals surface area contributed by atoms with Gasteiger partial charge < -0.3 is 20.5 Å². The fourth-order valence-electron chi connectivity index (χ4n) is 3.41. The average molecular weight is 351 g/mol. The van der Waals surface area contributed by atoms with Crippen LogP contribution >= 0.6 is 11.6 Å². The normalized spacial score (nSPS) is 30.8. The van der Waals surface area contributed by atoms with Crippen LogP contribution in [-0.2, 0) is 4.74 Å². The number of aryl methyl sites for hydroxylation is 1. The third kappa shape index (κ3) is 3.21. The standard InChI is InChI=1S/C17H23ClN4O2/c1-11-8-15(21-16(19)20-11)22-6-3-7-24-10-14(22)17(2)9-12(23)4-5-13(17)18/h4-5,8-9,13-14,23H,3,6-7,10H2,1-2H3,(H2,19,20,21)/t13?,14-,17?/m1/s1. The van der Waals surface area contributed by atoms with Gasteiger partial charge in [-0.3, -0.25) is 0 Å². The van der Waals surface area contributed by atoms with Gasteiger partial charge in [0.1, 0.15) is 11.6 Å². The van der Waals surface area contributed by atoms with E-state index in [9.17, 15) is 5.11 Å². The molecule has 130 valence electrons. The first-order valence-corrected chi connectivity index (χ1v) is 8.53. The molecule has 0 aromatic carbocycles. The predicted molar refractivity (Wildman–Crippen MR) is 95.4 cm³/mol. The van der Waals surface area contributed by atoms with E-state index in [4.69, 9.17) is 22.1 Å². The van der Waals surface area contributed by atoms with Crippen molar-refractivity contribution in [1.82, 2.24) is 9.97 Å². The van der Waals surface area contributed by atoms with Crippen LogP contribution in [0.15, 0.2) is 30.1 Å². The molecule has 3 atom stereocenters. The van der Waals surface area contributed by atoms with Gasteiger partial charge in [-0.1, -0.05) is 13.0 Å². The fraction of sp³-hybridized carbons (Fsp3) is 0.529. The van der Waals surface area contributed by atoms with Gasteiger partial charge in [-0.2, -0.15) is 4.98 Å². The number of nitrogens with two attached hydrogens (primary N) is 1. The van der Waals surface area contributed by atoms with Gasteiger partial charge in [0.25, 0.3) is 0 Å². The minimum Gasteiger partial charge on any atom is -0.508 e. The smallest absolute Gasteiger partial charge is 0.222 e. The highest BCUT2D eigenvalue weighted by atomic mass is 35.5. The van der Waals surface area contributed by atoms with E-state index in [1.165, 1.54) is 0 Å². The number of aliphatic hydroxyl groups excluding tert-OH is 1. The molecule has 1 aromatic rings. The lowest BCUT2D eigenvalue weighted by atomic mass is 9.75. The number of hydrogen-bond donors (Lipinski definition) is 2. The van der Waals surface area contributed by atoms with Crippen LogP contribution in [0.3, 0.4) is 0 Å². The first-order valence-electron chi connectivity index (χ1n) is 8.10. The molecule has 2 unspecified atom stereocenters. The lowest BCUT2D eigenvalue weighted by molar-refractivity contribution is 0.107. The fourth-order valence-corrected chi connectivity index (χ4v) is 3.69. The molecule has 0 saturated carbocycles. The molecule has 7 heteroatoms. The van der Waals surface area contributed by atoms with Crippen molar-refractivity contribution in [3.05, 3.63) is 35.7 Å². The molecule has 6 nitrogen and oxygen atoms in total. The van der Waals surface area contributed by atoms with Gasteiger partial charge in [0.15, 0.2) is 0 Å². The summed E-state index contributed by atoms with van der Waals surface area (Å²) in [5.74, 6) is 1.24. The highest BCUT2D eigenvalue weighted by Crippen LogP contribution is 2.41. The Labute approximate surface area is 147 Å². The van der Waals surface area contributed by atoms with E-state index in [1.807, 2.05) is 32.1 Å². The molecule has 3 N–H and O–H groups in total. The van der Waals surface area contributed by atoms with Crippen molar-refractivity contribution in [1.29, 1.82) is 0 Å². The van der Waals surface area contributed by atoms with Crippen LogP contribution in [0.2, 0.25) is 0 Å². The van der Waals surface area contributed by atoms with Gasteiger partial charge >= 0.3 is 0 Å². The van der Waals surface area contributed by atoms with E-state index in [0.29, 0.717) is 13.2 Å². The molecule has 1 aliphatic carbocycles. The second-order valence-electron chi connectivity index (χ2n) is 6.56. The number of ether oxygens (including phenoxy) is 1. The first-order chi connectivity index (χ1) is 11.4. The van der Waals surface area contributed by atoms with E-state index in [2.05, 4.69) is 14.9 Å². The number of alkyl halides is 1. The number of hydrogen-bond acceptors (Lipinski definition) is 6. The summed E-state index contributed by atoms with van der Waals surface area (Å²) in [6.07, 6.45) is 6.15. The Morgan fingerprint density at radius 3 is 3.00 bits per heavy atom. The van der Waals surface area contributed by atoms with Crippen molar-refractivity contribution in [2.45, 2.75) is 31.7 Å². The molecule has 0 amide bonds. The van der Waals surface area contributed by atoms with Crippen molar-refractivity contribution in [2.24, 2.45) is 5.41 Å². The topological polar surface area (TPSA) is 84.5 Å². The number of nitrogen functional groups attached to an aromatic ring is 1. The van der Waals surface area contributed by atoms with Crippen LogP contribution in [0.5, 0.6) is 0 Å². The minimum atomic E-state index is -0.502. The zero-order chi connectivity index (χ0) is 17.3. The monoisotopic (exact) mass is 350 g/mol. The number of aliphatic hydroxyl groups is 1. The van der Waals surface area contributed by atoms with Crippen molar-refractivity contribution in [2.75, 3.05) is 30.4 Å². The van der Waals surface area contributed by atoms with Gasteiger partial charge in [0.05, 0.1) is 18.0 Å². The third-order valence-corrected chi connectivity index (χ3v) is 5.31. The maximum atomic E-state index is 10.0. The number of anilines is 2. The van der Waals surface area contributed by atoms with Crippen molar-refractivity contribution in [3.8, 4) is 0 Å². The number of halogens is 1. The minimum absolute atomic E-state index is 0.0803. The molecular weight excluding hydrogens is 328 g/mol. The second kappa shape index (κ2) is 6.61. The highest BCUT2D eigenvalue weighted by molar-refractivity contribution is 6.22. The number of allylic oxidation sites excluding steroid dienone is 2. The van der Waals surface area contributed by atoms with E-state index >= 15 is 0 Å². The molecule has 0 bridgehead atoms. The molecule has 2 heterocycles. The van der Waals surface area contributed by atoms with Crippen LogP contribution in [0.25, 0.3) is 0 Å². The molecule has 1 aromatic heterocycles. The van der Waals surface area contributed by atoms with Crippen molar-refractivity contribution < 1.29 is 9.84 Å². The van der Waals surface area contributed by atoms with E-state index in [1.54, 1.807) is 6.08 Å². The van der Waals surface area contributed by atoms with Crippen LogP contribution in [-0.4, -0.2) is 46.3 Å². The average Bonchev–Trinajstić information content (AvgIpc) is 2.76. The van der Waals surface area contributed by atoms with Crippen molar-refractivity contribution >= 4 is 23.4 Å². The van der Waals surface area contributed by atoms with Gasteiger partial charge in [0, 0.05) is 30.3 Å². The van der Waals surface area contributed by atoms with Crippen LogP contribution in [0.1, 0.15) is 19.0 Å². The lowest BCUT2D eigenvalue weighted by Gasteiger charge is -2.44. The predicted octanol–water partition coefficient (Wildman–Crippen LogP) is 2.59. The Balaban J connectivity index is 2.03. The van der Waals surface area contributed by atoms with Gasteiger partial charge in [0.2, 0.25) is 5.95 Å². The maximum Gasteiger partial charge on any atom is 0.222 e. The Morgan fingerprint density at radius 2 is 2.25 bits per heavy atom. The van der Waals surface area contributed by atoms with Crippen LogP contribution in [0, 0.1) is 12.3 Å². The third-order valence-electron chi connectivity index (χ3n) is 4.70. The van der Waals surface area contributed by atoms with Gasteiger partial charge in [-0.05, 0) is 25.5 Å². The molecule has 0 radical (unpaired) electrons. The zero-order valence-electron chi connectivity index (χ0n) is 13.9. The summed E-state index contributed by atoms with van der Waals surface area (Å²) < 4.78 is 5.81. The first kappa shape index (κ1) is 17.0. The number of rotatable bonds is 2. The number of nitrogens with zero attached hydrogens (tertiary/aromatic N) is 3. The Hall–Kier alpha value is -1.79. The second-order valence-corrected chi connectivity index (χ2v) is 7.03. The summed E-state index contributed by atoms with van der Waals surface area (Å²) in [7, 11) is 0. The molecule has 2 aliphatic rings. The zero-order valence-corrected chi connectivity index (χ0v) is 14.7. The maximum absolute atomic E-state index is 10.0. The molecule has 24 heavy (non-hydrogen) atoms. The summed E-state index contributed by atoms with van der Waals surface area (Å²) in [5.41, 5.74) is 6.16. The lowest BCUT2D eigenvalue weighted by Crippen LogP contribution is -2.52. The summed E-state index contributed by atoms with van der Waals surface area (Å²) in [5, 5.41) is 9.76. The van der Waals surface area contributed by atoms with Crippen LogP contribution < -0.4 is 10.6 Å². The highest BCUT2D eigenvalue weighted by Gasteiger charge is 2.44. The molecule has 1 saturated heterocycles. The summed E-state index contributed by atoms with van der Waals surface area (Å²) >= 11 is 6.61. The molecule has 0 spiro atoms. The summed E-state index contributed by atoms with van der Waals surface area (Å²) in [4.78, 5) is 10.7. The van der Waals surface area contributed by atoms with Gasteiger partial charge in [-0.25, -0.2) is 4.98 Å².